The number of rotatable bonds is 19. The Morgan fingerprint density at radius 3 is 0.893 bits per heavy atom. The van der Waals surface area contributed by atoms with Gasteiger partial charge in [-0.25, -0.2) is 0 Å². The molecule has 4 aliphatic carbocycles. The minimum atomic E-state index is 0. The molecule has 16 rings (SSSR count). The van der Waals surface area contributed by atoms with Crippen LogP contribution in [0.1, 0.15) is 275 Å². The van der Waals surface area contributed by atoms with Gasteiger partial charge in [-0.2, -0.15) is 0 Å². The molecule has 4 fully saturated rings. The molecule has 0 atom stereocenters. The van der Waals surface area contributed by atoms with E-state index in [-0.39, 0.29) is 60.3 Å². The maximum absolute atomic E-state index is 4.87. The molecule has 3 radical (unpaired) electrons. The number of aryl methyl sites for hydroxylation is 2. The molecule has 0 bridgehead atoms. The van der Waals surface area contributed by atoms with Crippen molar-refractivity contribution in [1.82, 2.24) is 28.7 Å². The van der Waals surface area contributed by atoms with Crippen molar-refractivity contribution in [3.63, 3.8) is 0 Å². The van der Waals surface area contributed by atoms with Crippen LogP contribution in [0.15, 0.2) is 213 Å². The van der Waals surface area contributed by atoms with Crippen molar-refractivity contribution in [3.8, 4) is 84.6 Å². The Bertz CT molecular complexity index is 4770. The number of aromatic nitrogens is 6. The van der Waals surface area contributed by atoms with Gasteiger partial charge in [-0.1, -0.05) is 210 Å². The van der Waals surface area contributed by atoms with Crippen LogP contribution >= 0.6 is 0 Å². The fraction of sp³-hybridized carbons (Fsp3) is 0.388. The van der Waals surface area contributed by atoms with E-state index in [0.29, 0.717) is 47.3 Å². The molecule has 3 heterocycles. The summed E-state index contributed by atoms with van der Waals surface area (Å²) in [4.78, 5) is 14.5. The molecule has 589 valence electrons. The molecule has 4 saturated carbocycles. The van der Waals surface area contributed by atoms with Gasteiger partial charge in [0.05, 0.1) is 17.5 Å². The summed E-state index contributed by atoms with van der Waals surface area (Å²) < 4.78 is 7.10. The molecule has 0 saturated heterocycles. The summed E-state index contributed by atoms with van der Waals surface area (Å²) in [6.45, 7) is 22.7. The third kappa shape index (κ3) is 20.6. The Morgan fingerprint density at radius 2 is 0.607 bits per heavy atom. The second kappa shape index (κ2) is 40.7. The van der Waals surface area contributed by atoms with E-state index < -0.39 is 0 Å². The van der Waals surface area contributed by atoms with Crippen LogP contribution in [0.25, 0.3) is 84.6 Å². The summed E-state index contributed by atoms with van der Waals surface area (Å²) in [6.07, 6.45) is 40.8. The quantitative estimate of drug-likeness (QED) is 0.0758. The second-order valence-corrected chi connectivity index (χ2v) is 33.8. The first-order valence-electron chi connectivity index (χ1n) is 42.0. The summed E-state index contributed by atoms with van der Waals surface area (Å²) in [5.41, 5.74) is 29.7. The van der Waals surface area contributed by atoms with Crippen LogP contribution in [0.2, 0.25) is 0 Å². The first kappa shape index (κ1) is 85.4. The number of hydrogen-bond acceptors (Lipinski definition) is 3. The van der Waals surface area contributed by atoms with E-state index in [1.165, 1.54) is 234 Å². The van der Waals surface area contributed by atoms with Gasteiger partial charge < -0.3 is 13.7 Å². The Kier molecular flexibility index (Phi) is 31.1. The van der Waals surface area contributed by atoms with E-state index in [2.05, 4.69) is 259 Å². The molecule has 6 nitrogen and oxygen atoms in total. The third-order valence-corrected chi connectivity index (χ3v) is 23.9. The molecule has 0 aliphatic heterocycles. The zero-order valence-corrected chi connectivity index (χ0v) is 75.3. The van der Waals surface area contributed by atoms with Crippen molar-refractivity contribution >= 4 is 0 Å². The Hall–Kier alpha value is -7.44. The standard InChI is InChI=1S/C36H41N2.C35H39N2.C32H37N2.3Ir/c1-26(2)27-18-20-28(21-19-27)32-24-33(29-12-6-3-7-13-29)35(34(25-32)30-14-8-4-9-15-30)38-23-22-37-36(38)31-16-10-5-11-17-31;1-25-20-26(2)22-30(21-25)31-23-32(27-12-6-3-7-13-27)34(33(24-31)28-14-8-4-9-15-28)37-19-18-36-35(37)29-16-10-5-11-17-29;1-22(2)18-29-20-28(26-14-12-25(13-15-26)24(5)6)21-30(19-23(3)4)31(29)34-17-16-33-32(34)27-10-8-7-9-11-27;;;/h5,10-11,16,18-26,29-30H,3-4,6-9,12-15H2,1-2H3;5,10-11,16,18-24,27-28H,3-4,6-9,12-15H2,1-2H3;7-10,12-17,20-24H,18-19H2,1-6H3;;;/q3*-1;;;. The molecule has 0 N–H and O–H groups in total. The summed E-state index contributed by atoms with van der Waals surface area (Å²) in [6, 6.07) is 75.4. The van der Waals surface area contributed by atoms with Crippen LogP contribution in [0, 0.1) is 43.9 Å². The SMILES string of the molecule is CC(C)Cc1cc(-c2ccc(C(C)C)cc2)cc(CC(C)C)c1-n1ccnc1-c1[c-]cccc1.CC(C)c1ccc(-c2cc(C3CCCCC3)c(-n3ccnc3-c3[c-]cccc3)c(C3CCCCC3)c2)cc1.Cc1cc(C)cc(-c2cc(C3CCCCC3)c(-n3ccnc3-c3[c-]cccc3)c(C3CCCCC3)c2)c1.[Ir].[Ir].[Ir]. The summed E-state index contributed by atoms with van der Waals surface area (Å²) >= 11 is 0. The van der Waals surface area contributed by atoms with Gasteiger partial charge in [-0.05, 0) is 240 Å². The van der Waals surface area contributed by atoms with Crippen molar-refractivity contribution in [2.24, 2.45) is 11.8 Å². The second-order valence-electron chi connectivity index (χ2n) is 33.8. The van der Waals surface area contributed by atoms with Gasteiger partial charge >= 0.3 is 0 Å². The van der Waals surface area contributed by atoms with Crippen molar-refractivity contribution in [3.05, 3.63) is 287 Å². The van der Waals surface area contributed by atoms with Gasteiger partial charge in [0.15, 0.2) is 0 Å². The Labute approximate surface area is 712 Å². The fourth-order valence-corrected chi connectivity index (χ4v) is 18.5. The molecule has 0 amide bonds. The third-order valence-electron chi connectivity index (χ3n) is 23.9. The number of benzene rings is 9. The average molecular weight is 2020 g/mol. The minimum absolute atomic E-state index is 0. The van der Waals surface area contributed by atoms with Crippen molar-refractivity contribution in [2.75, 3.05) is 0 Å². The van der Waals surface area contributed by atoms with E-state index in [0.717, 1.165) is 47.0 Å². The van der Waals surface area contributed by atoms with Crippen LogP contribution in [0.3, 0.4) is 0 Å². The van der Waals surface area contributed by atoms with E-state index in [4.69, 9.17) is 15.0 Å². The number of nitrogens with zero attached hydrogens (tertiary/aromatic N) is 6. The van der Waals surface area contributed by atoms with Crippen LogP contribution in [0.4, 0.5) is 0 Å². The summed E-state index contributed by atoms with van der Waals surface area (Å²) in [7, 11) is 0. The van der Waals surface area contributed by atoms with E-state index in [1.807, 2.05) is 55.0 Å². The average Bonchev–Trinajstić information content (AvgIpc) is 1.71. The van der Waals surface area contributed by atoms with Crippen LogP contribution < -0.4 is 0 Å². The molecular formula is C103H117Ir3N6-3. The van der Waals surface area contributed by atoms with Gasteiger partial charge in [-0.3, -0.25) is 15.0 Å². The smallest absolute Gasteiger partial charge is 0.0602 e. The molecule has 3 aromatic heterocycles. The fourth-order valence-electron chi connectivity index (χ4n) is 18.5. The maximum atomic E-state index is 4.87. The van der Waals surface area contributed by atoms with Gasteiger partial charge in [0.1, 0.15) is 0 Å². The van der Waals surface area contributed by atoms with Crippen LogP contribution in [-0.4, -0.2) is 28.7 Å². The first-order valence-corrected chi connectivity index (χ1v) is 42.0. The Balaban J connectivity index is 0.000000164. The maximum Gasteiger partial charge on any atom is 0.0602 e. The minimum Gasteiger partial charge on any atom is -0.340 e. The summed E-state index contributed by atoms with van der Waals surface area (Å²) in [5.74, 6) is 7.58. The van der Waals surface area contributed by atoms with Gasteiger partial charge in [0.25, 0.3) is 0 Å². The monoisotopic (exact) mass is 2020 g/mol. The van der Waals surface area contributed by atoms with Crippen molar-refractivity contribution in [2.45, 2.75) is 246 Å². The molecule has 12 aromatic rings. The summed E-state index contributed by atoms with van der Waals surface area (Å²) in [5, 5.41) is 0. The van der Waals surface area contributed by atoms with Crippen LogP contribution in [0.5, 0.6) is 0 Å². The molecular weight excluding hydrogens is 1900 g/mol. The predicted molar refractivity (Wildman–Crippen MR) is 458 cm³/mol. The van der Waals surface area contributed by atoms with Crippen molar-refractivity contribution in [1.29, 1.82) is 0 Å². The van der Waals surface area contributed by atoms with Gasteiger partial charge in [0, 0.05) is 115 Å². The van der Waals surface area contributed by atoms with E-state index >= 15 is 0 Å². The van der Waals surface area contributed by atoms with E-state index in [1.54, 1.807) is 0 Å². The van der Waals surface area contributed by atoms with Gasteiger partial charge in [0.2, 0.25) is 0 Å². The number of hydrogen-bond donors (Lipinski definition) is 0. The normalized spacial score (nSPS) is 15.1. The molecule has 9 aromatic carbocycles. The predicted octanol–water partition coefficient (Wildman–Crippen LogP) is 28.5. The molecule has 0 unspecified atom stereocenters. The zero-order valence-electron chi connectivity index (χ0n) is 68.1. The van der Waals surface area contributed by atoms with E-state index in [9.17, 15) is 0 Å². The molecule has 0 spiro atoms. The zero-order chi connectivity index (χ0) is 75.3. The Morgan fingerprint density at radius 1 is 0.321 bits per heavy atom. The molecule has 112 heavy (non-hydrogen) atoms. The topological polar surface area (TPSA) is 53.5 Å². The van der Waals surface area contributed by atoms with Gasteiger partial charge in [-0.15, -0.1) is 108 Å². The first-order chi connectivity index (χ1) is 53.2. The molecule has 4 aliphatic rings. The molecule has 9 heteroatoms. The van der Waals surface area contributed by atoms with Crippen LogP contribution in [-0.2, 0) is 73.2 Å². The van der Waals surface area contributed by atoms with Crippen molar-refractivity contribution < 1.29 is 60.3 Å². The number of imidazole rings is 3. The largest absolute Gasteiger partial charge is 0.340 e.